The number of hydrogen-bond donors (Lipinski definition) is 2. The summed E-state index contributed by atoms with van der Waals surface area (Å²) in [5, 5.41) is 10.0. The fourth-order valence-corrected chi connectivity index (χ4v) is 3.90. The predicted octanol–water partition coefficient (Wildman–Crippen LogP) is 3.57. The first-order chi connectivity index (χ1) is 14.4. The minimum absolute atomic E-state index is 0.147. The molecule has 4 rings (SSSR count). The van der Waals surface area contributed by atoms with Crippen LogP contribution in [-0.2, 0) is 10.0 Å². The lowest BCUT2D eigenvalue weighted by molar-refractivity contribution is 0.0699. The molecule has 0 unspecified atom stereocenters. The van der Waals surface area contributed by atoms with E-state index in [9.17, 15) is 18.3 Å². The molecule has 30 heavy (non-hydrogen) atoms. The molecule has 7 nitrogen and oxygen atoms in total. The molecular formula is C22H17N3O4S. The maximum absolute atomic E-state index is 11.9. The first kappa shape index (κ1) is 19.7. The Morgan fingerprint density at radius 1 is 0.933 bits per heavy atom. The Morgan fingerprint density at radius 3 is 2.13 bits per heavy atom. The van der Waals surface area contributed by atoms with E-state index in [1.807, 2.05) is 24.3 Å². The molecule has 2 heterocycles. The van der Waals surface area contributed by atoms with Gasteiger partial charge in [0.1, 0.15) is 0 Å². The number of hydrogen-bond acceptors (Lipinski definition) is 5. The maximum Gasteiger partial charge on any atom is 0.336 e. The Morgan fingerprint density at radius 2 is 1.53 bits per heavy atom. The van der Waals surface area contributed by atoms with Crippen LogP contribution in [0.1, 0.15) is 10.4 Å². The van der Waals surface area contributed by atoms with Crippen molar-refractivity contribution in [2.24, 2.45) is 0 Å². The Balaban J connectivity index is 1.70. The molecule has 2 N–H and O–H groups in total. The Hall–Kier alpha value is -3.62. The van der Waals surface area contributed by atoms with Crippen LogP contribution in [0.4, 0.5) is 0 Å². The van der Waals surface area contributed by atoms with E-state index in [1.54, 1.807) is 42.6 Å². The molecule has 0 amide bonds. The van der Waals surface area contributed by atoms with Gasteiger partial charge >= 0.3 is 5.97 Å². The highest BCUT2D eigenvalue weighted by atomic mass is 32.2. The van der Waals surface area contributed by atoms with Gasteiger partial charge in [-0.1, -0.05) is 36.4 Å². The Kier molecular flexibility index (Phi) is 5.03. The van der Waals surface area contributed by atoms with Crippen molar-refractivity contribution in [2.45, 2.75) is 4.90 Å². The fourth-order valence-electron chi connectivity index (χ4n) is 3.17. The van der Waals surface area contributed by atoms with E-state index in [4.69, 9.17) is 0 Å². The van der Waals surface area contributed by atoms with Crippen molar-refractivity contribution in [1.29, 1.82) is 0 Å². The van der Waals surface area contributed by atoms with Crippen LogP contribution in [-0.4, -0.2) is 36.5 Å². The first-order valence-corrected chi connectivity index (χ1v) is 10.5. The normalized spacial score (nSPS) is 11.5. The number of fused-ring (bicyclic) bond motifs is 1. The molecule has 0 saturated carbocycles. The van der Waals surface area contributed by atoms with Crippen LogP contribution >= 0.6 is 0 Å². The molecular weight excluding hydrogens is 402 g/mol. The average molecular weight is 419 g/mol. The van der Waals surface area contributed by atoms with Gasteiger partial charge in [0.25, 0.3) is 0 Å². The smallest absolute Gasteiger partial charge is 0.336 e. The Bertz CT molecular complexity index is 1350. The highest BCUT2D eigenvalue weighted by Gasteiger charge is 2.14. The molecule has 4 aromatic rings. The van der Waals surface area contributed by atoms with Crippen molar-refractivity contribution in [1.82, 2.24) is 14.7 Å². The number of carboxylic acids is 1. The second-order valence-electron chi connectivity index (χ2n) is 6.56. The van der Waals surface area contributed by atoms with Crippen LogP contribution in [0.5, 0.6) is 0 Å². The van der Waals surface area contributed by atoms with E-state index in [2.05, 4.69) is 14.7 Å². The number of aromatic carboxylic acids is 1. The molecule has 0 aliphatic heterocycles. The highest BCUT2D eigenvalue weighted by molar-refractivity contribution is 7.89. The van der Waals surface area contributed by atoms with Gasteiger partial charge in [0.15, 0.2) is 0 Å². The SMILES string of the molecule is CNS(=O)(=O)c1ccc(-c2ccc(-c3cc(C(=O)O)c4cnccc4n3)cc2)cc1. The van der Waals surface area contributed by atoms with E-state index in [-0.39, 0.29) is 10.5 Å². The monoisotopic (exact) mass is 419 g/mol. The van der Waals surface area contributed by atoms with Crippen molar-refractivity contribution in [3.8, 4) is 22.4 Å². The number of nitrogens with one attached hydrogen (secondary N) is 1. The summed E-state index contributed by atoms with van der Waals surface area (Å²) in [6, 6.07) is 17.3. The third kappa shape index (κ3) is 3.66. The van der Waals surface area contributed by atoms with E-state index in [0.717, 1.165) is 16.7 Å². The van der Waals surface area contributed by atoms with Crippen LogP contribution in [0.25, 0.3) is 33.3 Å². The van der Waals surface area contributed by atoms with E-state index >= 15 is 0 Å². The number of nitrogens with zero attached hydrogens (tertiary/aromatic N) is 2. The molecule has 0 bridgehead atoms. The third-order valence-corrected chi connectivity index (χ3v) is 6.22. The molecule has 0 aliphatic carbocycles. The van der Waals surface area contributed by atoms with Gasteiger partial charge in [-0.05, 0) is 42.4 Å². The number of carbonyl (C=O) groups is 1. The minimum Gasteiger partial charge on any atom is -0.478 e. The molecule has 0 radical (unpaired) electrons. The third-order valence-electron chi connectivity index (χ3n) is 4.79. The molecule has 0 atom stereocenters. The maximum atomic E-state index is 11.9. The average Bonchev–Trinajstić information content (AvgIpc) is 2.78. The van der Waals surface area contributed by atoms with Gasteiger partial charge in [-0.15, -0.1) is 0 Å². The zero-order chi connectivity index (χ0) is 21.3. The summed E-state index contributed by atoms with van der Waals surface area (Å²) in [4.78, 5) is 20.4. The molecule has 8 heteroatoms. The van der Waals surface area contributed by atoms with Gasteiger partial charge in [0.2, 0.25) is 10.0 Å². The lowest BCUT2D eigenvalue weighted by atomic mass is 10.0. The van der Waals surface area contributed by atoms with Crippen molar-refractivity contribution in [2.75, 3.05) is 7.05 Å². The molecule has 0 spiro atoms. The van der Waals surface area contributed by atoms with E-state index in [0.29, 0.717) is 16.6 Å². The number of pyridine rings is 2. The lowest BCUT2D eigenvalue weighted by Crippen LogP contribution is -2.18. The van der Waals surface area contributed by atoms with Crippen molar-refractivity contribution < 1.29 is 18.3 Å². The first-order valence-electron chi connectivity index (χ1n) is 9.01. The quantitative estimate of drug-likeness (QED) is 0.512. The molecule has 0 saturated heterocycles. The zero-order valence-electron chi connectivity index (χ0n) is 15.9. The molecule has 150 valence electrons. The number of rotatable bonds is 5. The minimum atomic E-state index is -3.48. The van der Waals surface area contributed by atoms with Gasteiger partial charge in [-0.2, -0.15) is 0 Å². The number of benzene rings is 2. The summed E-state index contributed by atoms with van der Waals surface area (Å²) in [6.45, 7) is 0. The largest absolute Gasteiger partial charge is 0.478 e. The number of aromatic nitrogens is 2. The van der Waals surface area contributed by atoms with E-state index < -0.39 is 16.0 Å². The highest BCUT2D eigenvalue weighted by Crippen LogP contribution is 2.27. The van der Waals surface area contributed by atoms with Gasteiger partial charge in [-0.25, -0.2) is 22.9 Å². The predicted molar refractivity (Wildman–Crippen MR) is 114 cm³/mol. The summed E-state index contributed by atoms with van der Waals surface area (Å²) in [7, 11) is -2.11. The summed E-state index contributed by atoms with van der Waals surface area (Å²) in [5.74, 6) is -1.04. The molecule has 0 aliphatic rings. The van der Waals surface area contributed by atoms with Crippen LogP contribution in [0.15, 0.2) is 78.0 Å². The van der Waals surface area contributed by atoms with Gasteiger partial charge in [0, 0.05) is 23.3 Å². The molecule has 0 fully saturated rings. The van der Waals surface area contributed by atoms with Crippen LogP contribution < -0.4 is 4.72 Å². The number of carboxylic acid groups (broad SMARTS) is 1. The zero-order valence-corrected chi connectivity index (χ0v) is 16.7. The van der Waals surface area contributed by atoms with E-state index in [1.165, 1.54) is 13.2 Å². The second-order valence-corrected chi connectivity index (χ2v) is 8.45. The van der Waals surface area contributed by atoms with Crippen molar-refractivity contribution >= 4 is 26.9 Å². The summed E-state index contributed by atoms with van der Waals surface area (Å²) in [5.41, 5.74) is 3.79. The summed E-state index contributed by atoms with van der Waals surface area (Å²) in [6.07, 6.45) is 3.07. The molecule has 2 aromatic carbocycles. The lowest BCUT2D eigenvalue weighted by Gasteiger charge is -2.08. The fraction of sp³-hybridized carbons (Fsp3) is 0.0455. The van der Waals surface area contributed by atoms with Crippen LogP contribution in [0, 0.1) is 0 Å². The Labute approximate surface area is 173 Å². The van der Waals surface area contributed by atoms with Crippen molar-refractivity contribution in [3.05, 3.63) is 78.6 Å². The summed E-state index contributed by atoms with van der Waals surface area (Å²) >= 11 is 0. The number of sulfonamides is 1. The summed E-state index contributed by atoms with van der Waals surface area (Å²) < 4.78 is 26.0. The second kappa shape index (κ2) is 7.66. The van der Waals surface area contributed by atoms with Crippen molar-refractivity contribution in [3.63, 3.8) is 0 Å². The van der Waals surface area contributed by atoms with Gasteiger partial charge < -0.3 is 5.11 Å². The van der Waals surface area contributed by atoms with Gasteiger partial charge in [0.05, 0.1) is 21.7 Å². The topological polar surface area (TPSA) is 109 Å². The van der Waals surface area contributed by atoms with Crippen LogP contribution in [0.2, 0.25) is 0 Å². The standard InChI is InChI=1S/C22H17N3O4S/c1-23-30(28,29)17-8-6-15(7-9-17)14-2-4-16(5-3-14)21-12-18(22(26)27)19-13-24-11-10-20(19)25-21/h2-13,23H,1H3,(H,26,27). The van der Waals surface area contributed by atoms with Crippen LogP contribution in [0.3, 0.4) is 0 Å². The van der Waals surface area contributed by atoms with Gasteiger partial charge in [-0.3, -0.25) is 4.98 Å². The molecule has 2 aromatic heterocycles.